The van der Waals surface area contributed by atoms with E-state index < -0.39 is 11.8 Å². The molecule has 0 aromatic rings. The average Bonchev–Trinajstić information content (AvgIpc) is 2.78. The Balaban J connectivity index is 2.09. The van der Waals surface area contributed by atoms with Gasteiger partial charge in [0.1, 0.15) is 0 Å². The third kappa shape index (κ3) is 4.47. The maximum Gasteiger partial charge on any atom is 0.309 e. The van der Waals surface area contributed by atoms with Gasteiger partial charge >= 0.3 is 11.8 Å². The lowest BCUT2D eigenvalue weighted by atomic mass is 10.0. The van der Waals surface area contributed by atoms with E-state index in [9.17, 15) is 9.59 Å². The molecule has 1 aliphatic carbocycles. The molecule has 1 fully saturated rings. The van der Waals surface area contributed by atoms with Crippen LogP contribution in [0.3, 0.4) is 0 Å². The Morgan fingerprint density at radius 1 is 1.19 bits per heavy atom. The lowest BCUT2D eigenvalue weighted by molar-refractivity contribution is -0.139. The number of carbonyl (C=O) groups excluding carboxylic acids is 2. The molecule has 16 heavy (non-hydrogen) atoms. The van der Waals surface area contributed by atoms with E-state index in [1.165, 1.54) is 25.7 Å². The van der Waals surface area contributed by atoms with Gasteiger partial charge in [-0.2, -0.15) is 0 Å². The first-order valence-electron chi connectivity index (χ1n) is 5.91. The van der Waals surface area contributed by atoms with Crippen LogP contribution in [0, 0.1) is 5.92 Å². The van der Waals surface area contributed by atoms with Crippen molar-refractivity contribution in [3.63, 3.8) is 0 Å². The predicted octanol–water partition coefficient (Wildman–Crippen LogP) is 0.985. The Labute approximate surface area is 96.5 Å². The molecule has 4 nitrogen and oxygen atoms in total. The number of amides is 2. The number of hydrogen-bond donors (Lipinski definition) is 2. The summed E-state index contributed by atoms with van der Waals surface area (Å²) in [6.45, 7) is 4.39. The zero-order valence-electron chi connectivity index (χ0n) is 9.63. The van der Waals surface area contributed by atoms with E-state index in [0.29, 0.717) is 13.1 Å². The monoisotopic (exact) mass is 224 g/mol. The highest BCUT2D eigenvalue weighted by molar-refractivity contribution is 6.35. The zero-order valence-corrected chi connectivity index (χ0v) is 9.63. The molecule has 90 valence electrons. The molecule has 1 aliphatic rings. The van der Waals surface area contributed by atoms with Gasteiger partial charge in [-0.1, -0.05) is 31.8 Å². The maximum absolute atomic E-state index is 11.3. The normalized spacial score (nSPS) is 15.8. The largest absolute Gasteiger partial charge is 0.348 e. The molecule has 0 bridgehead atoms. The molecule has 1 saturated carbocycles. The van der Waals surface area contributed by atoms with Crippen LogP contribution in [0.25, 0.3) is 0 Å². The van der Waals surface area contributed by atoms with Crippen LogP contribution in [0.2, 0.25) is 0 Å². The lowest BCUT2D eigenvalue weighted by Gasteiger charge is -2.09. The molecule has 0 aliphatic heterocycles. The van der Waals surface area contributed by atoms with Gasteiger partial charge in [0.2, 0.25) is 0 Å². The van der Waals surface area contributed by atoms with Crippen molar-refractivity contribution >= 4 is 11.8 Å². The van der Waals surface area contributed by atoms with E-state index >= 15 is 0 Å². The molecule has 0 saturated heterocycles. The Morgan fingerprint density at radius 2 is 1.81 bits per heavy atom. The molecule has 0 unspecified atom stereocenters. The van der Waals surface area contributed by atoms with Crippen LogP contribution < -0.4 is 10.6 Å². The van der Waals surface area contributed by atoms with Gasteiger partial charge in [-0.25, -0.2) is 0 Å². The fourth-order valence-electron chi connectivity index (χ4n) is 2.01. The average molecular weight is 224 g/mol. The van der Waals surface area contributed by atoms with Crippen molar-refractivity contribution in [3.8, 4) is 0 Å². The van der Waals surface area contributed by atoms with Crippen molar-refractivity contribution in [2.75, 3.05) is 13.1 Å². The van der Waals surface area contributed by atoms with Crippen LogP contribution in [0.1, 0.15) is 32.1 Å². The van der Waals surface area contributed by atoms with Crippen molar-refractivity contribution < 1.29 is 9.59 Å². The molecule has 0 radical (unpaired) electrons. The molecule has 1 rings (SSSR count). The molecule has 0 heterocycles. The summed E-state index contributed by atoms with van der Waals surface area (Å²) in [6, 6.07) is 0. The Kier molecular flexibility index (Phi) is 5.61. The van der Waals surface area contributed by atoms with Crippen LogP contribution >= 0.6 is 0 Å². The number of carbonyl (C=O) groups is 2. The van der Waals surface area contributed by atoms with E-state index in [0.717, 1.165) is 12.3 Å². The minimum atomic E-state index is -0.577. The third-order valence-electron chi connectivity index (χ3n) is 2.93. The molecule has 0 atom stereocenters. The summed E-state index contributed by atoms with van der Waals surface area (Å²) < 4.78 is 0. The number of rotatable bonds is 5. The molecule has 0 spiro atoms. The Hall–Kier alpha value is -1.32. The molecule has 4 heteroatoms. The highest BCUT2D eigenvalue weighted by Gasteiger charge is 2.16. The second kappa shape index (κ2) is 7.04. The van der Waals surface area contributed by atoms with Gasteiger partial charge < -0.3 is 10.6 Å². The van der Waals surface area contributed by atoms with Crippen LogP contribution in [-0.2, 0) is 9.59 Å². The summed E-state index contributed by atoms with van der Waals surface area (Å²) in [7, 11) is 0. The van der Waals surface area contributed by atoms with Gasteiger partial charge in [-0.05, 0) is 12.3 Å². The van der Waals surface area contributed by atoms with Gasteiger partial charge in [-0.3, -0.25) is 9.59 Å². The van der Waals surface area contributed by atoms with Gasteiger partial charge in [0.05, 0.1) is 0 Å². The number of hydrogen-bond acceptors (Lipinski definition) is 2. The second-order valence-corrected chi connectivity index (χ2v) is 4.19. The van der Waals surface area contributed by atoms with Gasteiger partial charge in [0, 0.05) is 13.1 Å². The zero-order chi connectivity index (χ0) is 11.8. The Bertz CT molecular complexity index is 258. The highest BCUT2D eigenvalue weighted by atomic mass is 16.2. The predicted molar refractivity (Wildman–Crippen MR) is 62.8 cm³/mol. The standard InChI is InChI=1S/C12H20N2O2/c1-2-8-13-11(15)12(16)14-9-7-10-5-3-4-6-10/h2,10H,1,3-9H2,(H,13,15)(H,14,16). The van der Waals surface area contributed by atoms with Crippen LogP contribution in [-0.4, -0.2) is 24.9 Å². The molecule has 0 aromatic heterocycles. The third-order valence-corrected chi connectivity index (χ3v) is 2.93. The molecular weight excluding hydrogens is 204 g/mol. The minimum absolute atomic E-state index is 0.328. The van der Waals surface area contributed by atoms with Crippen molar-refractivity contribution in [1.82, 2.24) is 10.6 Å². The summed E-state index contributed by atoms with van der Waals surface area (Å²) in [6.07, 6.45) is 7.66. The van der Waals surface area contributed by atoms with Crippen molar-refractivity contribution in [2.24, 2.45) is 5.92 Å². The van der Waals surface area contributed by atoms with Crippen LogP contribution in [0.5, 0.6) is 0 Å². The molecule has 2 N–H and O–H groups in total. The summed E-state index contributed by atoms with van der Waals surface area (Å²) in [5.74, 6) is -0.386. The van der Waals surface area contributed by atoms with Crippen molar-refractivity contribution in [3.05, 3.63) is 12.7 Å². The molecule has 0 aromatic carbocycles. The number of nitrogens with one attached hydrogen (secondary N) is 2. The summed E-state index contributed by atoms with van der Waals surface area (Å²) in [5.41, 5.74) is 0. The van der Waals surface area contributed by atoms with Crippen molar-refractivity contribution in [2.45, 2.75) is 32.1 Å². The fraction of sp³-hybridized carbons (Fsp3) is 0.667. The van der Waals surface area contributed by atoms with Gasteiger partial charge in [-0.15, -0.1) is 6.58 Å². The van der Waals surface area contributed by atoms with Crippen LogP contribution in [0.4, 0.5) is 0 Å². The van der Waals surface area contributed by atoms with E-state index in [1.54, 1.807) is 6.08 Å². The van der Waals surface area contributed by atoms with E-state index in [2.05, 4.69) is 17.2 Å². The smallest absolute Gasteiger partial charge is 0.309 e. The first-order valence-corrected chi connectivity index (χ1v) is 5.91. The summed E-state index contributed by atoms with van der Waals surface area (Å²) >= 11 is 0. The highest BCUT2D eigenvalue weighted by Crippen LogP contribution is 2.26. The first-order chi connectivity index (χ1) is 7.74. The van der Waals surface area contributed by atoms with Crippen molar-refractivity contribution in [1.29, 1.82) is 0 Å². The fourth-order valence-corrected chi connectivity index (χ4v) is 2.01. The topological polar surface area (TPSA) is 58.2 Å². The quantitative estimate of drug-likeness (QED) is 0.540. The van der Waals surface area contributed by atoms with E-state index in [-0.39, 0.29) is 0 Å². The molecule has 2 amide bonds. The van der Waals surface area contributed by atoms with Gasteiger partial charge in [0.15, 0.2) is 0 Å². The summed E-state index contributed by atoms with van der Waals surface area (Å²) in [4.78, 5) is 22.4. The molecular formula is C12H20N2O2. The Morgan fingerprint density at radius 3 is 2.44 bits per heavy atom. The van der Waals surface area contributed by atoms with E-state index in [4.69, 9.17) is 0 Å². The second-order valence-electron chi connectivity index (χ2n) is 4.19. The summed E-state index contributed by atoms with van der Waals surface area (Å²) in [5, 5.41) is 5.07. The van der Waals surface area contributed by atoms with Gasteiger partial charge in [0.25, 0.3) is 0 Å². The van der Waals surface area contributed by atoms with Crippen LogP contribution in [0.15, 0.2) is 12.7 Å². The first kappa shape index (κ1) is 12.7. The maximum atomic E-state index is 11.3. The minimum Gasteiger partial charge on any atom is -0.348 e. The SMILES string of the molecule is C=CCNC(=O)C(=O)NCCC1CCCC1. The van der Waals surface area contributed by atoms with E-state index in [1.807, 2.05) is 0 Å². The lowest BCUT2D eigenvalue weighted by Crippen LogP contribution is -2.40.